The summed E-state index contributed by atoms with van der Waals surface area (Å²) in [4.78, 5) is 0. The molecule has 0 heterocycles. The summed E-state index contributed by atoms with van der Waals surface area (Å²) >= 11 is 0. The van der Waals surface area contributed by atoms with Gasteiger partial charge in [-0.1, -0.05) is 18.6 Å². The van der Waals surface area contributed by atoms with Gasteiger partial charge in [0.15, 0.2) is 5.67 Å². The Morgan fingerprint density at radius 1 is 1.24 bits per heavy atom. The highest BCUT2D eigenvalue weighted by Gasteiger charge is 2.44. The summed E-state index contributed by atoms with van der Waals surface area (Å²) in [6.45, 7) is 3.12. The third-order valence-corrected chi connectivity index (χ3v) is 5.94. The molecule has 1 aliphatic rings. The smallest absolute Gasteiger partial charge is 0.214 e. The predicted octanol–water partition coefficient (Wildman–Crippen LogP) is 3.26. The van der Waals surface area contributed by atoms with Crippen LogP contribution < -0.4 is 4.72 Å². The fourth-order valence-corrected chi connectivity index (χ4v) is 3.67. The van der Waals surface area contributed by atoms with Gasteiger partial charge >= 0.3 is 0 Å². The molecule has 1 aromatic rings. The zero-order chi connectivity index (χ0) is 15.7. The van der Waals surface area contributed by atoms with Gasteiger partial charge in [-0.3, -0.25) is 0 Å². The lowest BCUT2D eigenvalue weighted by Gasteiger charge is -2.38. The maximum absolute atomic E-state index is 15.4. The van der Waals surface area contributed by atoms with Gasteiger partial charge in [-0.15, -0.1) is 0 Å². The lowest BCUT2D eigenvalue weighted by molar-refractivity contribution is 0.0711. The lowest BCUT2D eigenvalue weighted by Crippen LogP contribution is -2.51. The number of nitrogens with one attached hydrogen (secondary N) is 1. The second kappa shape index (κ2) is 6.01. The van der Waals surface area contributed by atoms with Crippen molar-refractivity contribution < 1.29 is 17.2 Å². The molecule has 0 aliphatic heterocycles. The van der Waals surface area contributed by atoms with E-state index in [9.17, 15) is 12.8 Å². The van der Waals surface area contributed by atoms with E-state index in [0.717, 1.165) is 6.42 Å². The standard InChI is InChI=1S/C15H21F2NO2S/c1-11(2)21(19,20)18-14-5-3-4-10-15(14,17)12-6-8-13(16)9-7-12/h6-9,11,14,18H,3-5,10H2,1-2H3/t14-,15+/m1/s1. The Labute approximate surface area is 124 Å². The van der Waals surface area contributed by atoms with Crippen molar-refractivity contribution in [1.82, 2.24) is 4.72 Å². The number of sulfonamides is 1. The van der Waals surface area contributed by atoms with Gasteiger partial charge in [-0.05, 0) is 50.8 Å². The van der Waals surface area contributed by atoms with Crippen molar-refractivity contribution in [2.24, 2.45) is 0 Å². The van der Waals surface area contributed by atoms with Crippen LogP contribution in [0.15, 0.2) is 24.3 Å². The van der Waals surface area contributed by atoms with E-state index in [1.54, 1.807) is 13.8 Å². The van der Waals surface area contributed by atoms with Crippen LogP contribution in [-0.4, -0.2) is 19.7 Å². The topological polar surface area (TPSA) is 46.2 Å². The quantitative estimate of drug-likeness (QED) is 0.926. The van der Waals surface area contributed by atoms with E-state index in [-0.39, 0.29) is 6.42 Å². The second-order valence-corrected chi connectivity index (χ2v) is 8.15. The summed E-state index contributed by atoms with van der Waals surface area (Å²) in [5.41, 5.74) is -1.45. The zero-order valence-electron chi connectivity index (χ0n) is 12.3. The second-order valence-electron chi connectivity index (χ2n) is 5.88. The summed E-state index contributed by atoms with van der Waals surface area (Å²) in [7, 11) is -3.55. The Kier molecular flexibility index (Phi) is 4.68. The van der Waals surface area contributed by atoms with Gasteiger partial charge < -0.3 is 0 Å². The van der Waals surface area contributed by atoms with Crippen molar-refractivity contribution in [2.75, 3.05) is 0 Å². The number of benzene rings is 1. The Hall–Kier alpha value is -1.01. The molecule has 3 nitrogen and oxygen atoms in total. The molecule has 6 heteroatoms. The third-order valence-electron chi connectivity index (χ3n) is 4.09. The normalized spacial score (nSPS) is 27.0. The summed E-state index contributed by atoms with van der Waals surface area (Å²) < 4.78 is 55.0. The van der Waals surface area contributed by atoms with Crippen LogP contribution in [0.4, 0.5) is 8.78 Å². The van der Waals surface area contributed by atoms with Crippen molar-refractivity contribution in [2.45, 2.75) is 56.5 Å². The van der Waals surface area contributed by atoms with Gasteiger partial charge in [-0.25, -0.2) is 21.9 Å². The van der Waals surface area contributed by atoms with Crippen LogP contribution in [0.3, 0.4) is 0 Å². The first-order valence-corrected chi connectivity index (χ1v) is 8.76. The third kappa shape index (κ3) is 3.43. The fourth-order valence-electron chi connectivity index (χ4n) is 2.69. The van der Waals surface area contributed by atoms with Gasteiger partial charge in [0.1, 0.15) is 5.82 Å². The Bertz CT molecular complexity index is 586. The van der Waals surface area contributed by atoms with E-state index in [2.05, 4.69) is 4.72 Å². The first-order chi connectivity index (χ1) is 9.75. The van der Waals surface area contributed by atoms with E-state index < -0.39 is 32.8 Å². The molecule has 1 N–H and O–H groups in total. The minimum atomic E-state index is -3.55. The fraction of sp³-hybridized carbons (Fsp3) is 0.600. The highest BCUT2D eigenvalue weighted by atomic mass is 32.2. The molecule has 0 bridgehead atoms. The molecule has 0 spiro atoms. The zero-order valence-corrected chi connectivity index (χ0v) is 13.1. The van der Waals surface area contributed by atoms with Crippen molar-refractivity contribution in [1.29, 1.82) is 0 Å². The van der Waals surface area contributed by atoms with E-state index >= 15 is 4.39 Å². The van der Waals surface area contributed by atoms with Crippen molar-refractivity contribution >= 4 is 10.0 Å². The van der Waals surface area contributed by atoms with Gasteiger partial charge in [0.25, 0.3) is 0 Å². The maximum Gasteiger partial charge on any atom is 0.214 e. The molecule has 1 saturated carbocycles. The van der Waals surface area contributed by atoms with E-state index in [1.807, 2.05) is 0 Å². The SMILES string of the molecule is CC(C)S(=O)(=O)N[C@@H]1CCCC[C@]1(F)c1ccc(F)cc1. The van der Waals surface area contributed by atoms with Crippen LogP contribution in [0.25, 0.3) is 0 Å². The summed E-state index contributed by atoms with van der Waals surface area (Å²) in [5.74, 6) is -0.433. The molecule has 1 aliphatic carbocycles. The Balaban J connectivity index is 2.32. The van der Waals surface area contributed by atoms with Gasteiger partial charge in [0.05, 0.1) is 11.3 Å². The predicted molar refractivity (Wildman–Crippen MR) is 78.6 cm³/mol. The summed E-state index contributed by atoms with van der Waals surface area (Å²) in [6, 6.07) is 4.41. The van der Waals surface area contributed by atoms with Crippen molar-refractivity contribution in [3.63, 3.8) is 0 Å². The molecule has 0 aromatic heterocycles. The van der Waals surface area contributed by atoms with Crippen LogP contribution >= 0.6 is 0 Å². The average Bonchev–Trinajstić information content (AvgIpc) is 2.42. The number of rotatable bonds is 4. The molecule has 1 aromatic carbocycles. The maximum atomic E-state index is 15.4. The Morgan fingerprint density at radius 2 is 1.86 bits per heavy atom. The lowest BCUT2D eigenvalue weighted by atomic mass is 9.77. The minimum Gasteiger partial charge on any atom is -0.237 e. The van der Waals surface area contributed by atoms with Crippen LogP contribution in [0.1, 0.15) is 45.1 Å². The molecule has 0 unspecified atom stereocenters. The molecule has 0 radical (unpaired) electrons. The summed E-state index contributed by atoms with van der Waals surface area (Å²) in [6.07, 6.45) is 2.15. The molecule has 118 valence electrons. The van der Waals surface area contributed by atoms with Crippen LogP contribution in [0.2, 0.25) is 0 Å². The molecular weight excluding hydrogens is 296 g/mol. The summed E-state index contributed by atoms with van der Waals surface area (Å²) in [5, 5.41) is -0.614. The van der Waals surface area contributed by atoms with Crippen LogP contribution in [0, 0.1) is 5.82 Å². The average molecular weight is 317 g/mol. The number of hydrogen-bond acceptors (Lipinski definition) is 2. The molecule has 0 saturated heterocycles. The first kappa shape index (κ1) is 16.4. The monoisotopic (exact) mass is 317 g/mol. The highest BCUT2D eigenvalue weighted by Crippen LogP contribution is 2.41. The molecule has 21 heavy (non-hydrogen) atoms. The van der Waals surface area contributed by atoms with E-state index in [0.29, 0.717) is 18.4 Å². The molecule has 2 atom stereocenters. The molecular formula is C15H21F2NO2S. The molecule has 1 fully saturated rings. The number of hydrogen-bond donors (Lipinski definition) is 1. The molecule has 0 amide bonds. The number of halogens is 2. The van der Waals surface area contributed by atoms with E-state index in [1.165, 1.54) is 24.3 Å². The van der Waals surface area contributed by atoms with E-state index in [4.69, 9.17) is 0 Å². The van der Waals surface area contributed by atoms with Crippen LogP contribution in [-0.2, 0) is 15.7 Å². The largest absolute Gasteiger partial charge is 0.237 e. The Morgan fingerprint density at radius 3 is 2.43 bits per heavy atom. The number of alkyl halides is 1. The first-order valence-electron chi connectivity index (χ1n) is 7.22. The minimum absolute atomic E-state index is 0.240. The van der Waals surface area contributed by atoms with Crippen LogP contribution in [0.5, 0.6) is 0 Å². The van der Waals surface area contributed by atoms with Gasteiger partial charge in [0.2, 0.25) is 10.0 Å². The highest BCUT2D eigenvalue weighted by molar-refractivity contribution is 7.90. The van der Waals surface area contributed by atoms with Crippen molar-refractivity contribution in [3.8, 4) is 0 Å². The van der Waals surface area contributed by atoms with Gasteiger partial charge in [-0.2, -0.15) is 0 Å². The van der Waals surface area contributed by atoms with Gasteiger partial charge in [0, 0.05) is 0 Å². The molecule has 2 rings (SSSR count). The van der Waals surface area contributed by atoms with Crippen molar-refractivity contribution in [3.05, 3.63) is 35.6 Å².